The summed E-state index contributed by atoms with van der Waals surface area (Å²) in [5.41, 5.74) is 0. The number of hydrogen-bond acceptors (Lipinski definition) is 3. The minimum Gasteiger partial charge on any atom is -0.481 e. The lowest BCUT2D eigenvalue weighted by molar-refractivity contribution is -0.138. The molecule has 0 aliphatic rings. The first-order valence-electron chi connectivity index (χ1n) is 4.09. The van der Waals surface area contributed by atoms with E-state index < -0.39 is 11.9 Å². The second-order valence-corrected chi connectivity index (χ2v) is 4.22. The molecule has 0 bridgehead atoms. The molecule has 0 aromatic carbocycles. The van der Waals surface area contributed by atoms with Crippen molar-refractivity contribution in [3.05, 3.63) is 21.9 Å². The Morgan fingerprint density at radius 2 is 2.38 bits per heavy atom. The summed E-state index contributed by atoms with van der Waals surface area (Å²) in [7, 11) is 1.76. The quantitative estimate of drug-likeness (QED) is 0.771. The van der Waals surface area contributed by atoms with Gasteiger partial charge in [0.05, 0.1) is 0 Å². The van der Waals surface area contributed by atoms with Crippen molar-refractivity contribution in [1.82, 2.24) is 5.32 Å². The topological polar surface area (TPSA) is 49.3 Å². The van der Waals surface area contributed by atoms with Gasteiger partial charge in [0.1, 0.15) is 5.92 Å². The molecule has 0 saturated heterocycles. The molecule has 0 radical (unpaired) electrons. The van der Waals surface area contributed by atoms with E-state index in [2.05, 4.69) is 5.32 Å². The lowest BCUT2D eigenvalue weighted by Gasteiger charge is -2.08. The summed E-state index contributed by atoms with van der Waals surface area (Å²) in [4.78, 5) is 12.9. The molecule has 1 rings (SSSR count). The highest BCUT2D eigenvalue weighted by atomic mass is 32.1. The van der Waals surface area contributed by atoms with Crippen LogP contribution in [0.2, 0.25) is 0 Å². The Morgan fingerprint density at radius 3 is 2.77 bits per heavy atom. The zero-order chi connectivity index (χ0) is 9.84. The van der Waals surface area contributed by atoms with Crippen molar-refractivity contribution in [2.24, 2.45) is 0 Å². The highest BCUT2D eigenvalue weighted by Gasteiger charge is 2.19. The number of nitrogens with one attached hydrogen (secondary N) is 1. The van der Waals surface area contributed by atoms with Gasteiger partial charge in [0.2, 0.25) is 0 Å². The Kier molecular flexibility index (Phi) is 3.45. The molecule has 0 saturated carbocycles. The van der Waals surface area contributed by atoms with Crippen LogP contribution >= 0.6 is 11.3 Å². The Labute approximate surface area is 81.4 Å². The molecule has 2 N–H and O–H groups in total. The summed E-state index contributed by atoms with van der Waals surface area (Å²) in [5, 5.41) is 11.8. The van der Waals surface area contributed by atoms with Crippen LogP contribution in [0.15, 0.2) is 12.1 Å². The minimum atomic E-state index is -0.767. The van der Waals surface area contributed by atoms with Gasteiger partial charge in [-0.1, -0.05) is 0 Å². The van der Waals surface area contributed by atoms with E-state index in [9.17, 15) is 4.79 Å². The van der Waals surface area contributed by atoms with Crippen molar-refractivity contribution in [1.29, 1.82) is 0 Å². The summed E-state index contributed by atoms with van der Waals surface area (Å²) in [5.74, 6) is -1.18. The average molecular weight is 199 g/mol. The molecular formula is C9H13NO2S. The first-order chi connectivity index (χ1) is 6.15. The van der Waals surface area contributed by atoms with Crippen LogP contribution in [0.25, 0.3) is 0 Å². The largest absolute Gasteiger partial charge is 0.481 e. The Bertz CT molecular complexity index is 296. The highest BCUT2D eigenvalue weighted by Crippen LogP contribution is 2.24. The van der Waals surface area contributed by atoms with Gasteiger partial charge < -0.3 is 10.4 Å². The molecular weight excluding hydrogens is 186 g/mol. The molecule has 4 heteroatoms. The predicted octanol–water partition coefficient (Wildman–Crippen LogP) is 1.44. The smallest absolute Gasteiger partial charge is 0.313 e. The van der Waals surface area contributed by atoms with Gasteiger partial charge in [0.25, 0.3) is 0 Å². The summed E-state index contributed by atoms with van der Waals surface area (Å²) in [6.07, 6.45) is 0. The SMILES string of the molecule is CNCC(C(=O)O)c1ccc(C)s1. The van der Waals surface area contributed by atoms with Crippen molar-refractivity contribution in [3.63, 3.8) is 0 Å². The Hall–Kier alpha value is -0.870. The molecule has 0 amide bonds. The third-order valence-electron chi connectivity index (χ3n) is 1.81. The minimum absolute atomic E-state index is 0.413. The maximum absolute atomic E-state index is 10.9. The first kappa shape index (κ1) is 10.2. The Morgan fingerprint density at radius 1 is 1.69 bits per heavy atom. The van der Waals surface area contributed by atoms with Crippen molar-refractivity contribution in [2.75, 3.05) is 13.6 Å². The Balaban J connectivity index is 2.81. The van der Waals surface area contributed by atoms with Gasteiger partial charge >= 0.3 is 5.97 Å². The van der Waals surface area contributed by atoms with E-state index in [1.54, 1.807) is 18.4 Å². The van der Waals surface area contributed by atoms with Crippen molar-refractivity contribution in [3.8, 4) is 0 Å². The molecule has 0 spiro atoms. The summed E-state index contributed by atoms with van der Waals surface area (Å²) in [6.45, 7) is 2.46. The maximum Gasteiger partial charge on any atom is 0.313 e. The fourth-order valence-corrected chi connectivity index (χ4v) is 2.12. The summed E-state index contributed by atoms with van der Waals surface area (Å²) >= 11 is 1.54. The van der Waals surface area contributed by atoms with Crippen LogP contribution in [-0.2, 0) is 4.79 Å². The third-order valence-corrected chi connectivity index (χ3v) is 2.93. The van der Waals surface area contributed by atoms with Crippen LogP contribution in [0.5, 0.6) is 0 Å². The summed E-state index contributed by atoms with van der Waals surface area (Å²) < 4.78 is 0. The molecule has 1 unspecified atom stereocenters. The van der Waals surface area contributed by atoms with Gasteiger partial charge in [-0.15, -0.1) is 11.3 Å². The number of carboxylic acid groups (broad SMARTS) is 1. The molecule has 13 heavy (non-hydrogen) atoms. The zero-order valence-corrected chi connectivity index (χ0v) is 8.52. The molecule has 1 aromatic heterocycles. The van der Waals surface area contributed by atoms with Crippen molar-refractivity contribution in [2.45, 2.75) is 12.8 Å². The van der Waals surface area contributed by atoms with Crippen LogP contribution < -0.4 is 5.32 Å². The second kappa shape index (κ2) is 4.39. The van der Waals surface area contributed by atoms with Gasteiger partial charge in [-0.3, -0.25) is 4.79 Å². The van der Waals surface area contributed by atoms with Gasteiger partial charge in [-0.25, -0.2) is 0 Å². The van der Waals surface area contributed by atoms with E-state index in [-0.39, 0.29) is 0 Å². The second-order valence-electron chi connectivity index (χ2n) is 2.90. The fourth-order valence-electron chi connectivity index (χ4n) is 1.15. The fraction of sp³-hybridized carbons (Fsp3) is 0.444. The number of aryl methyl sites for hydroxylation is 1. The predicted molar refractivity (Wildman–Crippen MR) is 53.4 cm³/mol. The lowest BCUT2D eigenvalue weighted by Crippen LogP contribution is -2.23. The van der Waals surface area contributed by atoms with E-state index in [0.717, 1.165) is 9.75 Å². The number of carbonyl (C=O) groups is 1. The van der Waals surface area contributed by atoms with E-state index in [0.29, 0.717) is 6.54 Å². The van der Waals surface area contributed by atoms with E-state index in [1.165, 1.54) is 0 Å². The van der Waals surface area contributed by atoms with Crippen LogP contribution in [0.3, 0.4) is 0 Å². The average Bonchev–Trinajstić information content (AvgIpc) is 2.46. The molecule has 72 valence electrons. The van der Waals surface area contributed by atoms with E-state index >= 15 is 0 Å². The van der Waals surface area contributed by atoms with Crippen LogP contribution in [0.1, 0.15) is 15.7 Å². The molecule has 0 aliphatic carbocycles. The molecule has 1 atom stereocenters. The number of carboxylic acids is 1. The summed E-state index contributed by atoms with van der Waals surface area (Å²) in [6, 6.07) is 3.84. The number of aliphatic carboxylic acids is 1. The number of thiophene rings is 1. The van der Waals surface area contributed by atoms with Gasteiger partial charge in [0.15, 0.2) is 0 Å². The maximum atomic E-state index is 10.9. The first-order valence-corrected chi connectivity index (χ1v) is 4.90. The molecule has 0 aliphatic heterocycles. The van der Waals surface area contributed by atoms with Gasteiger partial charge in [0, 0.05) is 16.3 Å². The monoisotopic (exact) mass is 199 g/mol. The normalized spacial score (nSPS) is 12.8. The third kappa shape index (κ3) is 2.54. The number of likely N-dealkylation sites (N-methyl/N-ethyl adjacent to an activating group) is 1. The zero-order valence-electron chi connectivity index (χ0n) is 7.70. The van der Waals surface area contributed by atoms with E-state index in [4.69, 9.17) is 5.11 Å². The van der Waals surface area contributed by atoms with E-state index in [1.807, 2.05) is 19.1 Å². The number of rotatable bonds is 4. The van der Waals surface area contributed by atoms with Crippen molar-refractivity contribution < 1.29 is 9.90 Å². The van der Waals surface area contributed by atoms with Crippen LogP contribution in [-0.4, -0.2) is 24.7 Å². The molecule has 1 aromatic rings. The lowest BCUT2D eigenvalue weighted by atomic mass is 10.1. The molecule has 3 nitrogen and oxygen atoms in total. The standard InChI is InChI=1S/C9H13NO2S/c1-6-3-4-8(13-6)7(5-10-2)9(11)12/h3-4,7,10H,5H2,1-2H3,(H,11,12). The highest BCUT2D eigenvalue weighted by molar-refractivity contribution is 7.12. The van der Waals surface area contributed by atoms with Crippen LogP contribution in [0, 0.1) is 6.92 Å². The van der Waals surface area contributed by atoms with Gasteiger partial charge in [-0.2, -0.15) is 0 Å². The van der Waals surface area contributed by atoms with Gasteiger partial charge in [-0.05, 0) is 26.1 Å². The molecule has 1 heterocycles. The number of hydrogen-bond donors (Lipinski definition) is 2. The van der Waals surface area contributed by atoms with Crippen molar-refractivity contribution >= 4 is 17.3 Å². The molecule has 0 fully saturated rings. The van der Waals surface area contributed by atoms with Crippen LogP contribution in [0.4, 0.5) is 0 Å².